The standard InChI is InChI=1S/C26H23NO6/c1-13-15(23(26(31)32)27-22(13)20(14(2)28)25(27)30)10-6-12-33-19-11-5-9-18-21(19)16-7-3-4-8-17(16)24(18)29/h3-11,13-14,20,22,28H,12H2,1-2H3,(H,31,32)/p-1/b10-6+/t13-,14?,20?,22?/m0/s1. The summed E-state index contributed by atoms with van der Waals surface area (Å²) in [5.41, 5.74) is 3.14. The molecule has 7 nitrogen and oxygen atoms in total. The van der Waals surface area contributed by atoms with E-state index in [1.807, 2.05) is 25.1 Å². The number of carboxylic acid groups (broad SMARTS) is 1. The van der Waals surface area contributed by atoms with Crippen molar-refractivity contribution in [1.82, 2.24) is 4.90 Å². The molecule has 0 bridgehead atoms. The first-order chi connectivity index (χ1) is 15.8. The molecule has 1 amide bonds. The van der Waals surface area contributed by atoms with Crippen LogP contribution in [0.1, 0.15) is 29.8 Å². The van der Waals surface area contributed by atoms with Crippen molar-refractivity contribution < 1.29 is 29.3 Å². The Kier molecular flexibility index (Phi) is 4.94. The molecule has 3 unspecified atom stereocenters. The van der Waals surface area contributed by atoms with E-state index in [-0.39, 0.29) is 24.0 Å². The Hall–Kier alpha value is -3.71. The third kappa shape index (κ3) is 3.03. The molecule has 3 aliphatic rings. The molecule has 0 radical (unpaired) electrons. The minimum atomic E-state index is -1.42. The number of hydrogen-bond donors (Lipinski definition) is 1. The van der Waals surface area contributed by atoms with Crippen LogP contribution in [0.25, 0.3) is 11.1 Å². The maximum Gasteiger partial charge on any atom is 0.235 e. The Labute approximate surface area is 190 Å². The number of ketones is 1. The van der Waals surface area contributed by atoms with Crippen LogP contribution in [0.15, 0.2) is 65.9 Å². The van der Waals surface area contributed by atoms with E-state index in [1.165, 1.54) is 11.8 Å². The highest BCUT2D eigenvalue weighted by molar-refractivity contribution is 6.22. The summed E-state index contributed by atoms with van der Waals surface area (Å²) in [5.74, 6) is -2.18. The number of aliphatic hydroxyl groups excluding tert-OH is 1. The molecule has 33 heavy (non-hydrogen) atoms. The van der Waals surface area contributed by atoms with Crippen LogP contribution in [0.3, 0.4) is 0 Å². The number of benzene rings is 2. The molecule has 1 saturated heterocycles. The van der Waals surface area contributed by atoms with Gasteiger partial charge in [-0.1, -0.05) is 49.4 Å². The van der Waals surface area contributed by atoms with Gasteiger partial charge in [-0.15, -0.1) is 0 Å². The molecular formula is C26H22NO6-. The van der Waals surface area contributed by atoms with Gasteiger partial charge in [0.2, 0.25) is 5.91 Å². The van der Waals surface area contributed by atoms with Crippen LogP contribution in [-0.4, -0.2) is 46.4 Å². The Morgan fingerprint density at radius 2 is 1.85 bits per heavy atom. The van der Waals surface area contributed by atoms with Gasteiger partial charge in [-0.25, -0.2) is 0 Å². The number of amides is 1. The average Bonchev–Trinajstić information content (AvgIpc) is 3.21. The summed E-state index contributed by atoms with van der Waals surface area (Å²) in [6, 6.07) is 12.3. The number of β-lactam (4-membered cyclic amide) rings is 1. The second-order valence-electron chi connectivity index (χ2n) is 8.61. The summed E-state index contributed by atoms with van der Waals surface area (Å²) in [6.45, 7) is 3.51. The number of aliphatic carboxylic acids is 1. The molecule has 4 atom stereocenters. The molecule has 2 aromatic carbocycles. The minimum absolute atomic E-state index is 0.0352. The van der Waals surface area contributed by atoms with Crippen molar-refractivity contribution in [2.75, 3.05) is 6.61 Å². The number of rotatable bonds is 6. The summed E-state index contributed by atoms with van der Waals surface area (Å²) in [6.07, 6.45) is 2.47. The number of carbonyl (C=O) groups excluding carboxylic acids is 3. The summed E-state index contributed by atoms with van der Waals surface area (Å²) >= 11 is 0. The van der Waals surface area contributed by atoms with Crippen LogP contribution in [0, 0.1) is 11.8 Å². The van der Waals surface area contributed by atoms with Gasteiger partial charge < -0.3 is 24.6 Å². The molecule has 5 rings (SSSR count). The Morgan fingerprint density at radius 3 is 2.55 bits per heavy atom. The van der Waals surface area contributed by atoms with E-state index in [1.54, 1.807) is 36.4 Å². The number of aliphatic hydroxyl groups is 1. The molecule has 0 saturated carbocycles. The number of carbonyl (C=O) groups is 3. The van der Waals surface area contributed by atoms with Gasteiger partial charge in [0.1, 0.15) is 12.4 Å². The third-order valence-corrected chi connectivity index (χ3v) is 6.76. The van der Waals surface area contributed by atoms with E-state index in [0.29, 0.717) is 22.4 Å². The second-order valence-corrected chi connectivity index (χ2v) is 8.61. The fraction of sp³-hybridized carbons (Fsp3) is 0.269. The van der Waals surface area contributed by atoms with E-state index in [4.69, 9.17) is 4.74 Å². The van der Waals surface area contributed by atoms with Gasteiger partial charge in [-0.2, -0.15) is 0 Å². The predicted molar refractivity (Wildman–Crippen MR) is 117 cm³/mol. The third-order valence-electron chi connectivity index (χ3n) is 6.76. The monoisotopic (exact) mass is 444 g/mol. The van der Waals surface area contributed by atoms with Crippen molar-refractivity contribution in [1.29, 1.82) is 0 Å². The predicted octanol–water partition coefficient (Wildman–Crippen LogP) is 1.69. The van der Waals surface area contributed by atoms with Crippen LogP contribution in [0.5, 0.6) is 5.75 Å². The summed E-state index contributed by atoms with van der Waals surface area (Å²) < 4.78 is 5.95. The number of allylic oxidation sites excluding steroid dienone is 1. The molecule has 1 N–H and O–H groups in total. The van der Waals surface area contributed by atoms with Crippen LogP contribution in [0.2, 0.25) is 0 Å². The van der Waals surface area contributed by atoms with Crippen LogP contribution in [-0.2, 0) is 9.59 Å². The molecule has 0 spiro atoms. The highest BCUT2D eigenvalue weighted by Crippen LogP contribution is 2.47. The number of nitrogens with zero attached hydrogens (tertiary/aromatic N) is 1. The van der Waals surface area contributed by atoms with E-state index < -0.39 is 29.9 Å². The van der Waals surface area contributed by atoms with Crippen molar-refractivity contribution in [3.05, 3.63) is 77.0 Å². The topological polar surface area (TPSA) is 107 Å². The molecular weight excluding hydrogens is 422 g/mol. The van der Waals surface area contributed by atoms with E-state index >= 15 is 0 Å². The van der Waals surface area contributed by atoms with Crippen LogP contribution < -0.4 is 9.84 Å². The van der Waals surface area contributed by atoms with Gasteiger partial charge in [0.25, 0.3) is 0 Å². The first kappa shape index (κ1) is 21.2. The molecule has 168 valence electrons. The van der Waals surface area contributed by atoms with Gasteiger partial charge >= 0.3 is 0 Å². The highest BCUT2D eigenvalue weighted by Gasteiger charge is 2.58. The molecule has 2 aromatic rings. The number of ether oxygens (including phenoxy) is 1. The number of fused-ring (bicyclic) bond motifs is 4. The lowest BCUT2D eigenvalue weighted by Crippen LogP contribution is -2.64. The number of hydrogen-bond acceptors (Lipinski definition) is 6. The van der Waals surface area contributed by atoms with E-state index in [2.05, 4.69) is 0 Å². The molecule has 7 heteroatoms. The average molecular weight is 444 g/mol. The van der Waals surface area contributed by atoms with Crippen molar-refractivity contribution in [3.8, 4) is 16.9 Å². The van der Waals surface area contributed by atoms with Crippen molar-refractivity contribution in [3.63, 3.8) is 0 Å². The summed E-state index contributed by atoms with van der Waals surface area (Å²) in [4.78, 5) is 38.1. The molecule has 2 aliphatic heterocycles. The lowest BCUT2D eigenvalue weighted by molar-refractivity contribution is -0.301. The van der Waals surface area contributed by atoms with Gasteiger partial charge in [-0.3, -0.25) is 9.59 Å². The smallest absolute Gasteiger partial charge is 0.235 e. The summed E-state index contributed by atoms with van der Waals surface area (Å²) in [5, 5.41) is 21.7. The number of carboxylic acids is 1. The zero-order valence-corrected chi connectivity index (χ0v) is 18.1. The largest absolute Gasteiger partial charge is 0.543 e. The lowest BCUT2D eigenvalue weighted by atomic mass is 9.78. The molecule has 2 heterocycles. The molecule has 1 aliphatic carbocycles. The highest BCUT2D eigenvalue weighted by atomic mass is 16.5. The molecule has 0 aromatic heterocycles. The van der Waals surface area contributed by atoms with Gasteiger partial charge in [0, 0.05) is 22.6 Å². The zero-order chi connectivity index (χ0) is 23.4. The van der Waals surface area contributed by atoms with Crippen molar-refractivity contribution in [2.24, 2.45) is 11.8 Å². The summed E-state index contributed by atoms with van der Waals surface area (Å²) in [7, 11) is 0. The lowest BCUT2D eigenvalue weighted by Gasteiger charge is -2.47. The fourth-order valence-electron chi connectivity index (χ4n) is 5.28. The maximum atomic E-state index is 12.7. The fourth-order valence-corrected chi connectivity index (χ4v) is 5.28. The SMILES string of the molecule is CC(O)C1C(=O)N2C(C(=O)[O-])=C(/C=C/COc3cccc4c3-c3ccccc3C4=O)[C@H](C)C12. The van der Waals surface area contributed by atoms with Crippen molar-refractivity contribution >= 4 is 17.7 Å². The Balaban J connectivity index is 1.38. The van der Waals surface area contributed by atoms with Gasteiger partial charge in [0.15, 0.2) is 5.78 Å². The van der Waals surface area contributed by atoms with Gasteiger partial charge in [0.05, 0.1) is 29.7 Å². The van der Waals surface area contributed by atoms with Crippen molar-refractivity contribution in [2.45, 2.75) is 26.0 Å². The van der Waals surface area contributed by atoms with Crippen LogP contribution in [0.4, 0.5) is 0 Å². The van der Waals surface area contributed by atoms with E-state index in [0.717, 1.165) is 11.1 Å². The first-order valence-electron chi connectivity index (χ1n) is 10.9. The normalized spacial score (nSPS) is 24.0. The van der Waals surface area contributed by atoms with Gasteiger partial charge in [-0.05, 0) is 30.2 Å². The first-order valence-corrected chi connectivity index (χ1v) is 10.9. The van der Waals surface area contributed by atoms with E-state index in [9.17, 15) is 24.6 Å². The molecule has 1 fully saturated rings. The Morgan fingerprint density at radius 1 is 1.15 bits per heavy atom. The van der Waals surface area contributed by atoms with Crippen LogP contribution >= 0.6 is 0 Å². The minimum Gasteiger partial charge on any atom is -0.543 e. The second kappa shape index (κ2) is 7.71. The Bertz CT molecular complexity index is 1260. The maximum absolute atomic E-state index is 12.7. The quantitative estimate of drug-likeness (QED) is 0.580. The zero-order valence-electron chi connectivity index (χ0n) is 18.1.